The van der Waals surface area contributed by atoms with Gasteiger partial charge in [-0.25, -0.2) is 0 Å². The molecule has 4 heteroatoms. The third kappa shape index (κ3) is 4.18. The molecule has 0 bridgehead atoms. The maximum Gasteiger partial charge on any atom is 0.0594 e. The van der Waals surface area contributed by atoms with E-state index >= 15 is 0 Å². The third-order valence-electron chi connectivity index (χ3n) is 4.90. The van der Waals surface area contributed by atoms with Gasteiger partial charge in [-0.2, -0.15) is 0 Å². The number of benzene rings is 1. The van der Waals surface area contributed by atoms with Crippen molar-refractivity contribution in [2.24, 2.45) is 0 Å². The van der Waals surface area contributed by atoms with Crippen LogP contribution < -0.4 is 5.32 Å². The lowest BCUT2D eigenvalue weighted by Gasteiger charge is -2.48. The summed E-state index contributed by atoms with van der Waals surface area (Å²) < 4.78 is 6.82. The topological polar surface area (TPSA) is 24.5 Å². The van der Waals surface area contributed by atoms with E-state index in [1.54, 1.807) is 0 Å². The molecule has 21 heavy (non-hydrogen) atoms. The number of likely N-dealkylation sites (N-methyl/N-ethyl adjacent to an activating group) is 1. The molecule has 1 aromatic rings. The molecule has 0 saturated carbocycles. The average Bonchev–Trinajstić information content (AvgIpc) is 2.54. The van der Waals surface area contributed by atoms with Gasteiger partial charge in [0, 0.05) is 28.2 Å². The van der Waals surface area contributed by atoms with Crippen LogP contribution in [0.5, 0.6) is 0 Å². The van der Waals surface area contributed by atoms with Gasteiger partial charge in [0.05, 0.1) is 13.2 Å². The summed E-state index contributed by atoms with van der Waals surface area (Å²) in [5.41, 5.74) is 1.57. The van der Waals surface area contributed by atoms with Gasteiger partial charge in [0.2, 0.25) is 0 Å². The lowest BCUT2D eigenvalue weighted by Crippen LogP contribution is -2.61. The number of hydrogen-bond acceptors (Lipinski definition) is 3. The number of halogens is 1. The minimum Gasteiger partial charge on any atom is -0.379 e. The summed E-state index contributed by atoms with van der Waals surface area (Å²) in [5.74, 6) is 0. The molecule has 0 radical (unpaired) electrons. The third-order valence-corrected chi connectivity index (χ3v) is 5.62. The van der Waals surface area contributed by atoms with Crippen molar-refractivity contribution in [2.75, 3.05) is 33.4 Å². The summed E-state index contributed by atoms with van der Waals surface area (Å²) in [6.07, 6.45) is 2.21. The first-order valence-corrected chi connectivity index (χ1v) is 8.92. The van der Waals surface area contributed by atoms with Crippen LogP contribution in [-0.2, 0) is 11.2 Å². The molecular weight excluding hydrogens is 375 g/mol. The van der Waals surface area contributed by atoms with E-state index in [9.17, 15) is 0 Å². The second-order valence-electron chi connectivity index (χ2n) is 5.98. The van der Waals surface area contributed by atoms with Gasteiger partial charge in [0.15, 0.2) is 0 Å². The Kier molecular flexibility index (Phi) is 6.47. The smallest absolute Gasteiger partial charge is 0.0594 e. The van der Waals surface area contributed by atoms with Gasteiger partial charge in [-0.1, -0.05) is 19.1 Å². The van der Waals surface area contributed by atoms with Crippen LogP contribution in [-0.4, -0.2) is 49.8 Å². The van der Waals surface area contributed by atoms with Crippen LogP contribution in [0.15, 0.2) is 24.3 Å². The maximum atomic E-state index is 5.52. The summed E-state index contributed by atoms with van der Waals surface area (Å²) in [4.78, 5) is 2.60. The standard InChI is InChI=1S/C17H27IN2O/c1-4-17(2,20-9-11-21-12-10-20)16(19-3)13-14-5-7-15(18)8-6-14/h5-8,16,19H,4,9-13H2,1-3H3. The van der Waals surface area contributed by atoms with Gasteiger partial charge in [-0.15, -0.1) is 0 Å². The number of rotatable bonds is 6. The van der Waals surface area contributed by atoms with E-state index < -0.39 is 0 Å². The van der Waals surface area contributed by atoms with Gasteiger partial charge >= 0.3 is 0 Å². The predicted molar refractivity (Wildman–Crippen MR) is 96.8 cm³/mol. The van der Waals surface area contributed by atoms with Gasteiger partial charge < -0.3 is 10.1 Å². The van der Waals surface area contributed by atoms with Gasteiger partial charge in [-0.05, 0) is 67.1 Å². The van der Waals surface area contributed by atoms with E-state index in [1.165, 1.54) is 9.13 Å². The molecule has 3 nitrogen and oxygen atoms in total. The Morgan fingerprint density at radius 1 is 1.29 bits per heavy atom. The molecule has 0 aromatic heterocycles. The van der Waals surface area contributed by atoms with Crippen molar-refractivity contribution in [1.82, 2.24) is 10.2 Å². The molecule has 1 aromatic carbocycles. The first kappa shape index (κ1) is 17.2. The largest absolute Gasteiger partial charge is 0.379 e. The molecule has 1 aliphatic rings. The van der Waals surface area contributed by atoms with Crippen LogP contribution in [0, 0.1) is 3.57 Å². The van der Waals surface area contributed by atoms with Crippen LogP contribution in [0.25, 0.3) is 0 Å². The molecule has 0 aliphatic carbocycles. The lowest BCUT2D eigenvalue weighted by atomic mass is 9.83. The zero-order valence-corrected chi connectivity index (χ0v) is 15.5. The van der Waals surface area contributed by atoms with Crippen LogP contribution in [0.3, 0.4) is 0 Å². The van der Waals surface area contributed by atoms with Crippen molar-refractivity contribution in [2.45, 2.75) is 38.3 Å². The fraction of sp³-hybridized carbons (Fsp3) is 0.647. The molecule has 1 fully saturated rings. The fourth-order valence-corrected chi connectivity index (χ4v) is 3.61. The molecule has 1 N–H and O–H groups in total. The predicted octanol–water partition coefficient (Wildman–Crippen LogP) is 2.92. The second-order valence-corrected chi connectivity index (χ2v) is 7.23. The Labute approximate surface area is 142 Å². The van der Waals surface area contributed by atoms with Gasteiger partial charge in [0.25, 0.3) is 0 Å². The highest BCUT2D eigenvalue weighted by atomic mass is 127. The van der Waals surface area contributed by atoms with Crippen molar-refractivity contribution >= 4 is 22.6 Å². The van der Waals surface area contributed by atoms with Crippen LogP contribution in [0.4, 0.5) is 0 Å². The molecule has 2 unspecified atom stereocenters. The monoisotopic (exact) mass is 402 g/mol. The van der Waals surface area contributed by atoms with E-state index in [0.717, 1.165) is 39.1 Å². The first-order valence-electron chi connectivity index (χ1n) is 7.84. The van der Waals surface area contributed by atoms with E-state index in [4.69, 9.17) is 4.74 Å². The second kappa shape index (κ2) is 7.90. The molecular formula is C17H27IN2O. The molecule has 0 amide bonds. The summed E-state index contributed by atoms with van der Waals surface area (Å²) in [5, 5.41) is 3.57. The zero-order chi connectivity index (χ0) is 15.3. The Morgan fingerprint density at radius 3 is 2.43 bits per heavy atom. The highest BCUT2D eigenvalue weighted by molar-refractivity contribution is 14.1. The average molecular weight is 402 g/mol. The first-order chi connectivity index (χ1) is 10.1. The highest BCUT2D eigenvalue weighted by Gasteiger charge is 2.38. The van der Waals surface area contributed by atoms with E-state index in [0.29, 0.717) is 6.04 Å². The molecule has 1 aliphatic heterocycles. The molecule has 0 spiro atoms. The lowest BCUT2D eigenvalue weighted by molar-refractivity contribution is -0.0313. The number of ether oxygens (including phenoxy) is 1. The number of nitrogens with one attached hydrogen (secondary N) is 1. The van der Waals surface area contributed by atoms with Gasteiger partial charge in [0.1, 0.15) is 0 Å². The van der Waals surface area contributed by atoms with Crippen molar-refractivity contribution in [1.29, 1.82) is 0 Å². The molecule has 1 saturated heterocycles. The summed E-state index contributed by atoms with van der Waals surface area (Å²) in [7, 11) is 2.09. The minimum absolute atomic E-state index is 0.168. The normalized spacial score (nSPS) is 21.0. The number of hydrogen-bond donors (Lipinski definition) is 1. The SMILES string of the molecule is CCC(C)(C(Cc1ccc(I)cc1)NC)N1CCOCC1. The Bertz CT molecular complexity index is 431. The van der Waals surface area contributed by atoms with Crippen molar-refractivity contribution < 1.29 is 4.74 Å². The summed E-state index contributed by atoms with van der Waals surface area (Å²) in [6, 6.07) is 9.34. The molecule has 118 valence electrons. The van der Waals surface area contributed by atoms with E-state index in [2.05, 4.69) is 78.0 Å². The maximum absolute atomic E-state index is 5.52. The number of nitrogens with zero attached hydrogens (tertiary/aromatic N) is 1. The zero-order valence-electron chi connectivity index (χ0n) is 13.4. The van der Waals surface area contributed by atoms with E-state index in [-0.39, 0.29) is 5.54 Å². The number of morpholine rings is 1. The summed E-state index contributed by atoms with van der Waals surface area (Å²) in [6.45, 7) is 8.48. The van der Waals surface area contributed by atoms with Crippen LogP contribution in [0.2, 0.25) is 0 Å². The Morgan fingerprint density at radius 2 is 1.90 bits per heavy atom. The van der Waals surface area contributed by atoms with Crippen molar-refractivity contribution in [3.8, 4) is 0 Å². The van der Waals surface area contributed by atoms with E-state index in [1.807, 2.05) is 0 Å². The quantitative estimate of drug-likeness (QED) is 0.741. The van der Waals surface area contributed by atoms with Crippen LogP contribution >= 0.6 is 22.6 Å². The highest BCUT2D eigenvalue weighted by Crippen LogP contribution is 2.27. The minimum atomic E-state index is 0.168. The molecule has 2 atom stereocenters. The van der Waals surface area contributed by atoms with Crippen molar-refractivity contribution in [3.63, 3.8) is 0 Å². The van der Waals surface area contributed by atoms with Gasteiger partial charge in [-0.3, -0.25) is 4.90 Å². The molecule has 2 rings (SSSR count). The Balaban J connectivity index is 2.13. The Hall–Kier alpha value is -0.170. The fourth-order valence-electron chi connectivity index (χ4n) is 3.25. The van der Waals surface area contributed by atoms with Crippen molar-refractivity contribution in [3.05, 3.63) is 33.4 Å². The van der Waals surface area contributed by atoms with Crippen LogP contribution in [0.1, 0.15) is 25.8 Å². The molecule has 1 heterocycles. The summed E-state index contributed by atoms with van der Waals surface area (Å²) >= 11 is 2.36.